The Labute approximate surface area is 183 Å². The van der Waals surface area contributed by atoms with Crippen LogP contribution in [0.1, 0.15) is 19.4 Å². The van der Waals surface area contributed by atoms with Crippen molar-refractivity contribution in [2.75, 3.05) is 7.11 Å². The summed E-state index contributed by atoms with van der Waals surface area (Å²) in [6.45, 7) is 3.59. The van der Waals surface area contributed by atoms with E-state index in [1.54, 1.807) is 39.2 Å². The molecule has 1 aromatic carbocycles. The van der Waals surface area contributed by atoms with E-state index in [1.807, 2.05) is 12.1 Å². The van der Waals surface area contributed by atoms with Gasteiger partial charge >= 0.3 is 5.97 Å². The van der Waals surface area contributed by atoms with E-state index in [0.717, 1.165) is 11.3 Å². The number of carbonyl (C=O) groups excluding carboxylic acids is 2. The molecule has 139 valence electrons. The van der Waals surface area contributed by atoms with Crippen LogP contribution in [0.5, 0.6) is 5.75 Å². The maximum atomic E-state index is 12.3. The molecule has 0 aliphatic carbocycles. The van der Waals surface area contributed by atoms with E-state index in [0.29, 0.717) is 0 Å². The number of nitrogens with one attached hydrogen (secondary N) is 1. The number of nitrogens with zero attached hydrogens (tertiary/aromatic N) is 1. The number of thioether (sulfide) groups is 1. The van der Waals surface area contributed by atoms with Gasteiger partial charge in [-0.3, -0.25) is 9.59 Å². The Kier molecular flexibility index (Phi) is 6.68. The smallest absolute Gasteiger partial charge is 0.327 e. The van der Waals surface area contributed by atoms with Crippen LogP contribution < -0.4 is 10.1 Å². The first-order chi connectivity index (χ1) is 12.2. The van der Waals surface area contributed by atoms with Gasteiger partial charge in [0.25, 0.3) is 0 Å². The molecule has 2 heterocycles. The van der Waals surface area contributed by atoms with Gasteiger partial charge in [0.2, 0.25) is 11.8 Å². The first-order valence-corrected chi connectivity index (χ1v) is 8.98. The number of amides is 2. The van der Waals surface area contributed by atoms with Crippen molar-refractivity contribution in [3.8, 4) is 5.75 Å². The Morgan fingerprint density at radius 3 is 2.48 bits per heavy atom. The Morgan fingerprint density at radius 2 is 1.93 bits per heavy atom. The molecule has 2 aliphatic rings. The molecule has 2 aliphatic heterocycles. The molecule has 0 aromatic heterocycles. The number of carbonyl (C=O) groups is 3. The summed E-state index contributed by atoms with van der Waals surface area (Å²) in [5.41, 5.74) is 0.824. The number of fused-ring (bicyclic) bond motifs is 1. The van der Waals surface area contributed by atoms with Crippen LogP contribution in [-0.4, -0.2) is 86.7 Å². The van der Waals surface area contributed by atoms with E-state index >= 15 is 0 Å². The maximum absolute atomic E-state index is 12.3. The molecule has 2 N–H and O–H groups in total. The van der Waals surface area contributed by atoms with Crippen LogP contribution in [0.25, 0.3) is 6.08 Å². The second kappa shape index (κ2) is 8.26. The van der Waals surface area contributed by atoms with Gasteiger partial charge in [-0.2, -0.15) is 0 Å². The van der Waals surface area contributed by atoms with Gasteiger partial charge in [-0.1, -0.05) is 12.1 Å². The van der Waals surface area contributed by atoms with Gasteiger partial charge in [-0.05, 0) is 37.6 Å². The summed E-state index contributed by atoms with van der Waals surface area (Å²) in [7, 11) is 1.58. The van der Waals surface area contributed by atoms with E-state index in [1.165, 1.54) is 22.7 Å². The van der Waals surface area contributed by atoms with E-state index < -0.39 is 28.7 Å². The van der Waals surface area contributed by atoms with Crippen molar-refractivity contribution in [2.24, 2.45) is 0 Å². The molecule has 0 bridgehead atoms. The third-order valence-corrected chi connectivity index (χ3v) is 6.09. The summed E-state index contributed by atoms with van der Waals surface area (Å²) in [4.78, 5) is 37.3. The number of hydrogen-bond donors (Lipinski definition) is 2. The number of hydrogen-bond acceptors (Lipinski definition) is 5. The zero-order valence-electron chi connectivity index (χ0n) is 15.6. The Bertz CT molecular complexity index is 780. The Morgan fingerprint density at radius 1 is 1.30 bits per heavy atom. The maximum Gasteiger partial charge on any atom is 0.327 e. The number of aliphatic carboxylic acids is 1. The summed E-state index contributed by atoms with van der Waals surface area (Å²) < 4.78 is 4.47. The van der Waals surface area contributed by atoms with Crippen molar-refractivity contribution in [1.29, 1.82) is 0 Å². The number of benzene rings is 1. The largest absolute Gasteiger partial charge is 0.497 e. The molecule has 2 saturated heterocycles. The topological polar surface area (TPSA) is 95.9 Å². The number of ether oxygens (including phenoxy) is 1. The zero-order chi connectivity index (χ0) is 19.1. The van der Waals surface area contributed by atoms with Crippen molar-refractivity contribution < 1.29 is 24.2 Å². The third kappa shape index (κ3) is 4.18. The summed E-state index contributed by atoms with van der Waals surface area (Å²) in [6, 6.07) is 5.62. The van der Waals surface area contributed by atoms with Crippen LogP contribution in [0.3, 0.4) is 0 Å². The third-order valence-electron chi connectivity index (χ3n) is 4.52. The number of β-lactam (4-membered cyclic amide) rings is 1. The molecule has 3 atom stereocenters. The monoisotopic (exact) mass is 399 g/mol. The zero-order valence-corrected chi connectivity index (χ0v) is 18.4. The van der Waals surface area contributed by atoms with Crippen molar-refractivity contribution >= 4 is 65.2 Å². The van der Waals surface area contributed by atoms with Gasteiger partial charge in [0.05, 0.1) is 7.11 Å². The van der Waals surface area contributed by atoms with Crippen LogP contribution in [0, 0.1) is 0 Å². The molecule has 0 unspecified atom stereocenters. The molecule has 1 aromatic rings. The molecule has 7 nitrogen and oxygen atoms in total. The Balaban J connectivity index is 0.00000261. The first-order valence-electron chi connectivity index (χ1n) is 8.10. The molecule has 27 heavy (non-hydrogen) atoms. The molecular weight excluding hydrogens is 379 g/mol. The SMILES string of the molecule is COc1ccc(C=CC(=O)N[C@@H]2C(=O)N3[C@@H]2SC(C)(C)[C@@H]3C(=O)O)cc1.[Na]. The predicted molar refractivity (Wildman–Crippen MR) is 103 cm³/mol. The van der Waals surface area contributed by atoms with E-state index in [9.17, 15) is 19.5 Å². The summed E-state index contributed by atoms with van der Waals surface area (Å²) in [6.07, 6.45) is 3.00. The first kappa shape index (κ1) is 21.8. The summed E-state index contributed by atoms with van der Waals surface area (Å²) in [5, 5.41) is 11.7. The van der Waals surface area contributed by atoms with Crippen LogP contribution in [0.4, 0.5) is 0 Å². The number of carboxylic acid groups (broad SMARTS) is 1. The minimum absolute atomic E-state index is 0. The molecule has 2 amide bonds. The number of methoxy groups -OCH3 is 1. The van der Waals surface area contributed by atoms with Gasteiger partial charge in [0, 0.05) is 40.4 Å². The fourth-order valence-corrected chi connectivity index (χ4v) is 4.86. The van der Waals surface area contributed by atoms with Gasteiger partial charge in [-0.25, -0.2) is 4.79 Å². The van der Waals surface area contributed by atoms with Crippen LogP contribution in [0.2, 0.25) is 0 Å². The van der Waals surface area contributed by atoms with Crippen molar-refractivity contribution in [2.45, 2.75) is 36.1 Å². The molecule has 9 heteroatoms. The summed E-state index contributed by atoms with van der Waals surface area (Å²) >= 11 is 1.40. The molecule has 2 fully saturated rings. The average molecular weight is 399 g/mol. The molecular formula is C18H20N2NaO5S. The van der Waals surface area contributed by atoms with Gasteiger partial charge in [0.15, 0.2) is 0 Å². The fraction of sp³-hybridized carbons (Fsp3) is 0.389. The minimum Gasteiger partial charge on any atom is -0.497 e. The number of carboxylic acids is 1. The van der Waals surface area contributed by atoms with Crippen LogP contribution >= 0.6 is 11.8 Å². The predicted octanol–water partition coefficient (Wildman–Crippen LogP) is 0.959. The van der Waals surface area contributed by atoms with Crippen molar-refractivity contribution in [3.05, 3.63) is 35.9 Å². The van der Waals surface area contributed by atoms with E-state index in [2.05, 4.69) is 5.32 Å². The van der Waals surface area contributed by atoms with Gasteiger partial charge in [-0.15, -0.1) is 11.8 Å². The van der Waals surface area contributed by atoms with Crippen molar-refractivity contribution in [1.82, 2.24) is 10.2 Å². The van der Waals surface area contributed by atoms with Crippen molar-refractivity contribution in [3.63, 3.8) is 0 Å². The standard InChI is InChI=1S/C18H20N2O5S.Na/c1-18(2)14(17(23)24)20-15(22)13(16(20)26-18)19-12(21)9-6-10-4-7-11(25-3)8-5-10;/h4-9,13-14,16H,1-3H3,(H,19,21)(H,23,24);/t13-,14+,16-;/m1./s1. The molecule has 3 rings (SSSR count). The van der Waals surface area contributed by atoms with E-state index in [4.69, 9.17) is 4.74 Å². The second-order valence-corrected chi connectivity index (χ2v) is 8.46. The fourth-order valence-electron chi connectivity index (χ4n) is 3.23. The second-order valence-electron chi connectivity index (χ2n) is 6.69. The van der Waals surface area contributed by atoms with Gasteiger partial charge in [0.1, 0.15) is 23.2 Å². The van der Waals surface area contributed by atoms with Gasteiger partial charge < -0.3 is 20.1 Å². The van der Waals surface area contributed by atoms with Crippen LogP contribution in [0.15, 0.2) is 30.3 Å². The normalized spacial score (nSPS) is 25.4. The van der Waals surface area contributed by atoms with Crippen LogP contribution in [-0.2, 0) is 14.4 Å². The Hall–Kier alpha value is -1.48. The quantitative estimate of drug-likeness (QED) is 0.435. The minimum atomic E-state index is -1.03. The molecule has 0 spiro atoms. The van der Waals surface area contributed by atoms with E-state index in [-0.39, 0.29) is 40.8 Å². The number of rotatable bonds is 5. The molecule has 0 saturated carbocycles. The summed E-state index contributed by atoms with van der Waals surface area (Å²) in [5.74, 6) is -1.05. The molecule has 1 radical (unpaired) electrons. The average Bonchev–Trinajstić information content (AvgIpc) is 2.86.